The molecule has 1 aromatic carbocycles. The summed E-state index contributed by atoms with van der Waals surface area (Å²) in [6.45, 7) is 8.32. The minimum absolute atomic E-state index is 0.0320. The molecule has 122 valence electrons. The Balaban J connectivity index is 2.06. The minimum Gasteiger partial charge on any atom is -0.495 e. The second-order valence-corrected chi connectivity index (χ2v) is 6.76. The molecule has 1 amide bonds. The van der Waals surface area contributed by atoms with Gasteiger partial charge in [-0.15, -0.1) is 0 Å². The summed E-state index contributed by atoms with van der Waals surface area (Å²) in [6, 6.07) is 3.54. The molecule has 0 bridgehead atoms. The van der Waals surface area contributed by atoms with Crippen LogP contribution >= 0.6 is 11.6 Å². The van der Waals surface area contributed by atoms with E-state index in [2.05, 4.69) is 12.2 Å². The molecule has 1 aromatic rings. The van der Waals surface area contributed by atoms with Gasteiger partial charge in [-0.1, -0.05) is 18.5 Å². The maximum atomic E-state index is 12.5. The predicted molar refractivity (Wildman–Crippen MR) is 89.9 cm³/mol. The van der Waals surface area contributed by atoms with Crippen LogP contribution in [0.25, 0.3) is 0 Å². The molecule has 1 atom stereocenters. The molecular weight excluding hydrogens is 300 g/mol. The maximum Gasteiger partial charge on any atom is 0.282 e. The van der Waals surface area contributed by atoms with E-state index in [0.29, 0.717) is 16.5 Å². The van der Waals surface area contributed by atoms with Gasteiger partial charge in [-0.25, -0.2) is 0 Å². The van der Waals surface area contributed by atoms with Crippen LogP contribution in [0.4, 0.5) is 5.69 Å². The van der Waals surface area contributed by atoms with Crippen LogP contribution in [0, 0.1) is 12.8 Å². The van der Waals surface area contributed by atoms with Crippen LogP contribution in [0.3, 0.4) is 0 Å². The van der Waals surface area contributed by atoms with Gasteiger partial charge in [0.05, 0.1) is 25.9 Å². The van der Waals surface area contributed by atoms with Crippen LogP contribution in [-0.4, -0.2) is 32.1 Å². The molecule has 22 heavy (non-hydrogen) atoms. The van der Waals surface area contributed by atoms with E-state index in [1.807, 2.05) is 19.9 Å². The SMILES string of the molecule is COc1cc(Cl)c(C)cc1NC(=O)[C@H](C)[NH+]1CCC(C)CC1. The number of carbonyl (C=O) groups is 1. The first kappa shape index (κ1) is 17.1. The average molecular weight is 326 g/mol. The summed E-state index contributed by atoms with van der Waals surface area (Å²) < 4.78 is 5.32. The number of methoxy groups -OCH3 is 1. The van der Waals surface area contributed by atoms with Crippen molar-refractivity contribution in [3.8, 4) is 5.75 Å². The van der Waals surface area contributed by atoms with Crippen molar-refractivity contribution in [1.82, 2.24) is 0 Å². The third-order valence-electron chi connectivity index (χ3n) is 4.66. The van der Waals surface area contributed by atoms with Crippen molar-refractivity contribution in [2.24, 2.45) is 5.92 Å². The molecule has 1 aliphatic heterocycles. The molecule has 2 rings (SSSR count). The zero-order valence-electron chi connectivity index (χ0n) is 13.8. The number of aryl methyl sites for hydroxylation is 1. The topological polar surface area (TPSA) is 42.8 Å². The molecule has 1 aliphatic rings. The van der Waals surface area contributed by atoms with E-state index in [-0.39, 0.29) is 11.9 Å². The minimum atomic E-state index is -0.0619. The summed E-state index contributed by atoms with van der Waals surface area (Å²) in [5.41, 5.74) is 1.61. The summed E-state index contributed by atoms with van der Waals surface area (Å²) in [5.74, 6) is 1.40. The zero-order valence-corrected chi connectivity index (χ0v) is 14.6. The predicted octanol–water partition coefficient (Wildman–Crippen LogP) is 2.30. The average Bonchev–Trinajstić information content (AvgIpc) is 2.50. The number of quaternary nitrogens is 1. The molecule has 0 unspecified atom stereocenters. The third-order valence-corrected chi connectivity index (χ3v) is 5.07. The Kier molecular flexibility index (Phi) is 5.70. The van der Waals surface area contributed by atoms with E-state index in [1.165, 1.54) is 17.7 Å². The molecule has 1 heterocycles. The lowest BCUT2D eigenvalue weighted by atomic mass is 9.98. The van der Waals surface area contributed by atoms with Crippen LogP contribution in [0.15, 0.2) is 12.1 Å². The molecule has 4 nitrogen and oxygen atoms in total. The summed E-state index contributed by atoms with van der Waals surface area (Å²) >= 11 is 6.10. The standard InChI is InChI=1S/C17H25ClN2O2/c1-11-5-7-20(8-6-11)13(3)17(21)19-15-9-12(2)14(18)10-16(15)22-4/h9-11,13H,5-8H2,1-4H3,(H,19,21)/p+1/t13-/m0/s1. The number of anilines is 1. The second-order valence-electron chi connectivity index (χ2n) is 6.35. The largest absolute Gasteiger partial charge is 0.495 e. The quantitative estimate of drug-likeness (QED) is 0.892. The highest BCUT2D eigenvalue weighted by molar-refractivity contribution is 6.31. The highest BCUT2D eigenvalue weighted by atomic mass is 35.5. The van der Waals surface area contributed by atoms with E-state index in [4.69, 9.17) is 16.3 Å². The Labute approximate surface area is 137 Å². The van der Waals surface area contributed by atoms with Crippen molar-refractivity contribution in [2.45, 2.75) is 39.7 Å². The van der Waals surface area contributed by atoms with E-state index >= 15 is 0 Å². The van der Waals surface area contributed by atoms with Crippen LogP contribution in [0.5, 0.6) is 5.75 Å². The van der Waals surface area contributed by atoms with Gasteiger partial charge in [0.25, 0.3) is 5.91 Å². The number of hydrogen-bond donors (Lipinski definition) is 2. The van der Waals surface area contributed by atoms with Gasteiger partial charge in [-0.3, -0.25) is 4.79 Å². The van der Waals surface area contributed by atoms with Crippen molar-refractivity contribution < 1.29 is 14.4 Å². The first-order valence-corrected chi connectivity index (χ1v) is 8.29. The van der Waals surface area contributed by atoms with Crippen LogP contribution < -0.4 is 15.0 Å². The number of amides is 1. The van der Waals surface area contributed by atoms with Gasteiger partial charge in [0.1, 0.15) is 5.75 Å². The summed E-state index contributed by atoms with van der Waals surface area (Å²) in [5, 5.41) is 3.63. The van der Waals surface area contributed by atoms with Crippen molar-refractivity contribution in [1.29, 1.82) is 0 Å². The molecule has 0 aliphatic carbocycles. The Morgan fingerprint density at radius 1 is 1.41 bits per heavy atom. The molecule has 0 saturated carbocycles. The summed E-state index contributed by atoms with van der Waals surface area (Å²) in [7, 11) is 1.58. The first-order chi connectivity index (χ1) is 10.4. The fraction of sp³-hybridized carbons (Fsp3) is 0.588. The third kappa shape index (κ3) is 3.93. The highest BCUT2D eigenvalue weighted by Gasteiger charge is 2.29. The Hall–Kier alpha value is -1.26. The molecule has 0 spiro atoms. The lowest BCUT2D eigenvalue weighted by Gasteiger charge is -2.31. The molecule has 1 saturated heterocycles. The molecule has 0 radical (unpaired) electrons. The van der Waals surface area contributed by atoms with Gasteiger partial charge in [0.15, 0.2) is 6.04 Å². The number of hydrogen-bond acceptors (Lipinski definition) is 2. The highest BCUT2D eigenvalue weighted by Crippen LogP contribution is 2.30. The number of likely N-dealkylation sites (tertiary alicyclic amines) is 1. The molecule has 1 fully saturated rings. The monoisotopic (exact) mass is 325 g/mol. The summed E-state index contributed by atoms with van der Waals surface area (Å²) in [6.07, 6.45) is 2.38. The molecule has 0 aromatic heterocycles. The van der Waals surface area contributed by atoms with E-state index in [9.17, 15) is 4.79 Å². The van der Waals surface area contributed by atoms with Crippen LogP contribution in [0.2, 0.25) is 5.02 Å². The van der Waals surface area contributed by atoms with Crippen molar-refractivity contribution in [3.63, 3.8) is 0 Å². The van der Waals surface area contributed by atoms with E-state index in [1.54, 1.807) is 13.2 Å². The first-order valence-electron chi connectivity index (χ1n) is 7.92. The Bertz CT molecular complexity index is 540. The smallest absolute Gasteiger partial charge is 0.282 e. The molecular formula is C17H26ClN2O2+. The Morgan fingerprint density at radius 2 is 2.05 bits per heavy atom. The van der Waals surface area contributed by atoms with Crippen LogP contribution in [-0.2, 0) is 4.79 Å². The molecule has 2 N–H and O–H groups in total. The maximum absolute atomic E-state index is 12.5. The lowest BCUT2D eigenvalue weighted by molar-refractivity contribution is -0.919. The van der Waals surface area contributed by atoms with Gasteiger partial charge < -0.3 is 15.0 Å². The fourth-order valence-corrected chi connectivity index (χ4v) is 3.08. The van der Waals surface area contributed by atoms with Crippen LogP contribution in [0.1, 0.15) is 32.3 Å². The van der Waals surface area contributed by atoms with E-state index < -0.39 is 0 Å². The van der Waals surface area contributed by atoms with Gasteiger partial charge in [-0.2, -0.15) is 0 Å². The number of benzene rings is 1. The van der Waals surface area contributed by atoms with Gasteiger partial charge in [0, 0.05) is 11.1 Å². The summed E-state index contributed by atoms with van der Waals surface area (Å²) in [4.78, 5) is 13.9. The number of rotatable bonds is 4. The number of halogens is 1. The second kappa shape index (κ2) is 7.34. The number of ether oxygens (including phenoxy) is 1. The van der Waals surface area contributed by atoms with Crippen molar-refractivity contribution >= 4 is 23.2 Å². The van der Waals surface area contributed by atoms with Gasteiger partial charge in [0.2, 0.25) is 0 Å². The van der Waals surface area contributed by atoms with Gasteiger partial charge in [-0.05, 0) is 44.2 Å². The fourth-order valence-electron chi connectivity index (χ4n) is 2.92. The molecule has 5 heteroatoms. The zero-order chi connectivity index (χ0) is 16.3. The number of carbonyl (C=O) groups excluding carboxylic acids is 1. The van der Waals surface area contributed by atoms with Crippen molar-refractivity contribution in [2.75, 3.05) is 25.5 Å². The number of nitrogens with one attached hydrogen (secondary N) is 2. The normalized spacial score (nSPS) is 23.0. The Morgan fingerprint density at radius 3 is 2.64 bits per heavy atom. The lowest BCUT2D eigenvalue weighted by Crippen LogP contribution is -3.17. The van der Waals surface area contributed by atoms with Crippen molar-refractivity contribution in [3.05, 3.63) is 22.7 Å². The van der Waals surface area contributed by atoms with E-state index in [0.717, 1.165) is 24.6 Å². The number of piperidine rings is 1. The van der Waals surface area contributed by atoms with Gasteiger partial charge >= 0.3 is 0 Å².